The van der Waals surface area contributed by atoms with E-state index in [9.17, 15) is 9.59 Å². The van der Waals surface area contributed by atoms with E-state index in [1.54, 1.807) is 32.4 Å². The van der Waals surface area contributed by atoms with Crippen molar-refractivity contribution in [1.29, 1.82) is 0 Å². The molecule has 3 aromatic rings. The maximum absolute atomic E-state index is 12.3. The van der Waals surface area contributed by atoms with Crippen LogP contribution in [0.5, 0.6) is 11.5 Å². The van der Waals surface area contributed by atoms with Gasteiger partial charge < -0.3 is 14.8 Å². The molecule has 0 bridgehead atoms. The summed E-state index contributed by atoms with van der Waals surface area (Å²) in [7, 11) is 3.14. The van der Waals surface area contributed by atoms with Gasteiger partial charge in [-0.15, -0.1) is 11.3 Å². The molecule has 1 aromatic heterocycles. The summed E-state index contributed by atoms with van der Waals surface area (Å²) in [5, 5.41) is 7.94. The van der Waals surface area contributed by atoms with E-state index in [0.29, 0.717) is 23.2 Å². The van der Waals surface area contributed by atoms with Gasteiger partial charge in [-0.25, -0.2) is 4.98 Å². The minimum absolute atomic E-state index is 0.0656. The van der Waals surface area contributed by atoms with Gasteiger partial charge in [-0.1, -0.05) is 30.3 Å². The summed E-state index contributed by atoms with van der Waals surface area (Å²) in [5.74, 6) is 0.880. The molecule has 0 aliphatic rings. The number of benzene rings is 2. The second-order valence-electron chi connectivity index (χ2n) is 6.58. The second-order valence-corrected chi connectivity index (χ2v) is 7.44. The van der Waals surface area contributed by atoms with Gasteiger partial charge in [-0.05, 0) is 29.3 Å². The topological polar surface area (TPSA) is 89.5 Å². The molecule has 3 rings (SSSR count). The van der Waals surface area contributed by atoms with Crippen molar-refractivity contribution >= 4 is 34.4 Å². The molecule has 1 heterocycles. The van der Waals surface area contributed by atoms with Gasteiger partial charge in [0.25, 0.3) is 0 Å². The smallest absolute Gasteiger partial charge is 0.250 e. The number of hydrogen-bond acceptors (Lipinski definition) is 6. The van der Waals surface area contributed by atoms with E-state index in [-0.39, 0.29) is 11.8 Å². The van der Waals surface area contributed by atoms with Crippen LogP contribution in [0.4, 0.5) is 5.13 Å². The van der Waals surface area contributed by atoms with Crippen molar-refractivity contribution in [2.75, 3.05) is 19.5 Å². The van der Waals surface area contributed by atoms with Gasteiger partial charge in [0.1, 0.15) is 0 Å². The number of methoxy groups -OCH3 is 2. The summed E-state index contributed by atoms with van der Waals surface area (Å²) in [4.78, 5) is 27.7. The van der Waals surface area contributed by atoms with E-state index in [0.717, 1.165) is 22.4 Å². The first-order valence-electron chi connectivity index (χ1n) is 9.49. The second kappa shape index (κ2) is 10.4. The van der Waals surface area contributed by atoms with Gasteiger partial charge in [0, 0.05) is 30.5 Å². The number of anilines is 1. The number of amides is 2. The maximum Gasteiger partial charge on any atom is 0.250 e. The van der Waals surface area contributed by atoms with Crippen LogP contribution in [0.1, 0.15) is 18.1 Å². The summed E-state index contributed by atoms with van der Waals surface area (Å²) in [6.07, 6.45) is 3.14. The number of carbonyl (C=O) groups is 2. The van der Waals surface area contributed by atoms with Crippen LogP contribution in [0.15, 0.2) is 53.9 Å². The van der Waals surface area contributed by atoms with E-state index in [1.807, 2.05) is 35.7 Å². The minimum atomic E-state index is -0.277. The van der Waals surface area contributed by atoms with Crippen LogP contribution in [-0.4, -0.2) is 31.0 Å². The van der Waals surface area contributed by atoms with Crippen LogP contribution >= 0.6 is 11.3 Å². The zero-order valence-electron chi connectivity index (χ0n) is 17.5. The van der Waals surface area contributed by atoms with Crippen LogP contribution < -0.4 is 20.1 Å². The number of thiazole rings is 1. The van der Waals surface area contributed by atoms with Crippen molar-refractivity contribution in [2.45, 2.75) is 13.5 Å². The fraction of sp³-hybridized carbons (Fsp3) is 0.174. The molecule has 2 N–H and O–H groups in total. The molecule has 0 radical (unpaired) electrons. The lowest BCUT2D eigenvalue weighted by atomic mass is 10.1. The summed E-state index contributed by atoms with van der Waals surface area (Å²) >= 11 is 1.35. The molecule has 0 aliphatic heterocycles. The Kier molecular flexibility index (Phi) is 7.40. The zero-order valence-corrected chi connectivity index (χ0v) is 18.3. The number of aromatic nitrogens is 1. The van der Waals surface area contributed by atoms with E-state index >= 15 is 0 Å². The molecule has 7 nitrogen and oxygen atoms in total. The molecule has 8 heteroatoms. The summed E-state index contributed by atoms with van der Waals surface area (Å²) in [6.45, 7) is 1.98. The Morgan fingerprint density at radius 1 is 1.06 bits per heavy atom. The Morgan fingerprint density at radius 3 is 2.48 bits per heavy atom. The van der Waals surface area contributed by atoms with Gasteiger partial charge in [0.05, 0.1) is 19.9 Å². The highest BCUT2D eigenvalue weighted by Gasteiger charge is 2.08. The average molecular weight is 438 g/mol. The molecular weight excluding hydrogens is 414 g/mol. The number of nitrogens with one attached hydrogen (secondary N) is 2. The number of nitrogens with zero attached hydrogens (tertiary/aromatic N) is 1. The lowest BCUT2D eigenvalue weighted by Gasteiger charge is -2.07. The zero-order chi connectivity index (χ0) is 22.2. The number of hydrogen-bond donors (Lipinski definition) is 2. The SMILES string of the molecule is COc1ccc(/C=C/C(=O)Nc2nc(-c3ccc(CNC(C)=O)cc3)cs2)cc1OC. The first-order valence-corrected chi connectivity index (χ1v) is 10.4. The summed E-state index contributed by atoms with van der Waals surface area (Å²) in [6, 6.07) is 13.2. The minimum Gasteiger partial charge on any atom is -0.493 e. The van der Waals surface area contributed by atoms with Crippen molar-refractivity contribution in [3.63, 3.8) is 0 Å². The van der Waals surface area contributed by atoms with Crippen molar-refractivity contribution in [3.8, 4) is 22.8 Å². The number of carbonyl (C=O) groups excluding carboxylic acids is 2. The molecule has 0 spiro atoms. The van der Waals surface area contributed by atoms with Crippen LogP contribution in [0.2, 0.25) is 0 Å². The van der Waals surface area contributed by atoms with E-state index < -0.39 is 0 Å². The van der Waals surface area contributed by atoms with Gasteiger partial charge in [-0.2, -0.15) is 0 Å². The Hall–Kier alpha value is -3.65. The van der Waals surface area contributed by atoms with Crippen LogP contribution in [0.3, 0.4) is 0 Å². The predicted octanol–water partition coefficient (Wildman–Crippen LogP) is 4.12. The monoisotopic (exact) mass is 437 g/mol. The Bertz CT molecular complexity index is 1090. The van der Waals surface area contributed by atoms with Crippen molar-refractivity contribution < 1.29 is 19.1 Å². The molecule has 0 fully saturated rings. The van der Waals surface area contributed by atoms with Crippen LogP contribution in [-0.2, 0) is 16.1 Å². The van der Waals surface area contributed by atoms with Crippen molar-refractivity contribution in [3.05, 3.63) is 65.0 Å². The Balaban J connectivity index is 1.61. The molecule has 2 amide bonds. The highest BCUT2D eigenvalue weighted by atomic mass is 32.1. The Morgan fingerprint density at radius 2 is 1.81 bits per heavy atom. The quantitative estimate of drug-likeness (QED) is 0.518. The molecule has 31 heavy (non-hydrogen) atoms. The van der Waals surface area contributed by atoms with E-state index in [1.165, 1.54) is 24.3 Å². The first kappa shape index (κ1) is 22.0. The largest absolute Gasteiger partial charge is 0.493 e. The Labute approximate surface area is 184 Å². The molecule has 0 unspecified atom stereocenters. The lowest BCUT2D eigenvalue weighted by molar-refractivity contribution is -0.119. The maximum atomic E-state index is 12.3. The van der Waals surface area contributed by atoms with E-state index in [4.69, 9.17) is 9.47 Å². The summed E-state index contributed by atoms with van der Waals surface area (Å²) in [5.41, 5.74) is 3.52. The van der Waals surface area contributed by atoms with Gasteiger partial charge in [0.2, 0.25) is 11.8 Å². The highest BCUT2D eigenvalue weighted by molar-refractivity contribution is 7.14. The fourth-order valence-corrected chi connectivity index (χ4v) is 3.48. The first-order chi connectivity index (χ1) is 15.0. The average Bonchev–Trinajstić information content (AvgIpc) is 3.24. The molecule has 0 atom stereocenters. The molecule has 0 aliphatic carbocycles. The third-order valence-electron chi connectivity index (χ3n) is 4.36. The van der Waals surface area contributed by atoms with Crippen molar-refractivity contribution in [1.82, 2.24) is 10.3 Å². The summed E-state index contributed by atoms with van der Waals surface area (Å²) < 4.78 is 10.5. The van der Waals surface area contributed by atoms with Crippen molar-refractivity contribution in [2.24, 2.45) is 0 Å². The molecular formula is C23H23N3O4S. The normalized spacial score (nSPS) is 10.7. The van der Waals surface area contributed by atoms with E-state index in [2.05, 4.69) is 15.6 Å². The molecule has 0 saturated heterocycles. The van der Waals surface area contributed by atoms with Gasteiger partial charge in [0.15, 0.2) is 16.6 Å². The number of ether oxygens (including phenoxy) is 2. The fourth-order valence-electron chi connectivity index (χ4n) is 2.76. The third-order valence-corrected chi connectivity index (χ3v) is 5.12. The molecule has 160 valence electrons. The van der Waals surface area contributed by atoms with Gasteiger partial charge >= 0.3 is 0 Å². The number of rotatable bonds is 8. The van der Waals surface area contributed by atoms with Gasteiger partial charge in [-0.3, -0.25) is 14.9 Å². The third kappa shape index (κ3) is 6.16. The molecule has 2 aromatic carbocycles. The predicted molar refractivity (Wildman–Crippen MR) is 122 cm³/mol. The highest BCUT2D eigenvalue weighted by Crippen LogP contribution is 2.28. The van der Waals surface area contributed by atoms with Crippen LogP contribution in [0.25, 0.3) is 17.3 Å². The lowest BCUT2D eigenvalue weighted by Crippen LogP contribution is -2.18. The molecule has 0 saturated carbocycles. The standard InChI is InChI=1S/C23H23N3O4S/c1-15(27)24-13-17-4-8-18(9-5-17)19-14-31-23(25-19)26-22(28)11-7-16-6-10-20(29-2)21(12-16)30-3/h4-12,14H,13H2,1-3H3,(H,24,27)(H,25,26,28)/b11-7+. The van der Waals surface area contributed by atoms with Crippen LogP contribution in [0, 0.1) is 0 Å².